The summed E-state index contributed by atoms with van der Waals surface area (Å²) in [7, 11) is 4.17. The molecular weight excluding hydrogens is 352 g/mol. The van der Waals surface area contributed by atoms with E-state index in [4.69, 9.17) is 12.2 Å². The zero-order chi connectivity index (χ0) is 19.1. The normalized spacial score (nSPS) is 12.3. The number of aromatic nitrogens is 1. The molecule has 0 aliphatic heterocycles. The van der Waals surface area contributed by atoms with Gasteiger partial charge in [0.25, 0.3) is 0 Å². The van der Waals surface area contributed by atoms with E-state index in [9.17, 15) is 0 Å². The molecule has 0 spiro atoms. The molecule has 0 saturated heterocycles. The SMILES string of the molecule is CN(C)CCCNC(=S)NC[C@@H](c1ccccc1)c1c[nH]c2ccccc12. The van der Waals surface area contributed by atoms with E-state index in [1.54, 1.807) is 0 Å². The Morgan fingerprint density at radius 3 is 2.56 bits per heavy atom. The van der Waals surface area contributed by atoms with E-state index in [-0.39, 0.29) is 5.92 Å². The second-order valence-corrected chi connectivity index (χ2v) is 7.45. The summed E-state index contributed by atoms with van der Waals surface area (Å²) in [6.07, 6.45) is 3.19. The Labute approximate surface area is 167 Å². The van der Waals surface area contributed by atoms with Crippen molar-refractivity contribution < 1.29 is 0 Å². The van der Waals surface area contributed by atoms with Crippen LogP contribution in [0.15, 0.2) is 60.8 Å². The number of fused-ring (bicyclic) bond motifs is 1. The van der Waals surface area contributed by atoms with Crippen LogP contribution in [0.4, 0.5) is 0 Å². The third kappa shape index (κ3) is 5.31. The minimum Gasteiger partial charge on any atom is -0.363 e. The monoisotopic (exact) mass is 380 g/mol. The van der Waals surface area contributed by atoms with Crippen LogP contribution >= 0.6 is 12.2 Å². The molecule has 5 heteroatoms. The Balaban J connectivity index is 1.70. The minimum atomic E-state index is 0.226. The molecule has 3 aromatic rings. The van der Waals surface area contributed by atoms with Gasteiger partial charge < -0.3 is 20.5 Å². The van der Waals surface area contributed by atoms with E-state index < -0.39 is 0 Å². The summed E-state index contributed by atoms with van der Waals surface area (Å²) in [6.45, 7) is 2.69. The van der Waals surface area contributed by atoms with Crippen molar-refractivity contribution in [3.05, 3.63) is 71.9 Å². The number of benzene rings is 2. The highest BCUT2D eigenvalue weighted by molar-refractivity contribution is 7.80. The summed E-state index contributed by atoms with van der Waals surface area (Å²) >= 11 is 5.48. The van der Waals surface area contributed by atoms with E-state index in [2.05, 4.69) is 95.4 Å². The molecular formula is C22H28N4S. The van der Waals surface area contributed by atoms with Crippen LogP contribution < -0.4 is 10.6 Å². The van der Waals surface area contributed by atoms with Crippen molar-refractivity contribution in [2.45, 2.75) is 12.3 Å². The molecule has 1 heterocycles. The number of rotatable bonds is 8. The topological polar surface area (TPSA) is 43.1 Å². The van der Waals surface area contributed by atoms with Crippen LogP contribution in [0.3, 0.4) is 0 Å². The van der Waals surface area contributed by atoms with Gasteiger partial charge in [-0.15, -0.1) is 0 Å². The maximum Gasteiger partial charge on any atom is 0.166 e. The van der Waals surface area contributed by atoms with Crippen LogP contribution in [0.1, 0.15) is 23.5 Å². The first-order valence-corrected chi connectivity index (χ1v) is 9.83. The molecule has 3 N–H and O–H groups in total. The van der Waals surface area contributed by atoms with Gasteiger partial charge in [-0.3, -0.25) is 0 Å². The van der Waals surface area contributed by atoms with Crippen LogP contribution in [0.5, 0.6) is 0 Å². The van der Waals surface area contributed by atoms with Gasteiger partial charge in [0.05, 0.1) is 0 Å². The third-order valence-corrected chi connectivity index (χ3v) is 5.02. The van der Waals surface area contributed by atoms with E-state index in [0.29, 0.717) is 0 Å². The summed E-state index contributed by atoms with van der Waals surface area (Å²) in [4.78, 5) is 5.58. The highest BCUT2D eigenvalue weighted by Gasteiger charge is 2.18. The lowest BCUT2D eigenvalue weighted by Gasteiger charge is -2.20. The molecule has 0 saturated carbocycles. The predicted molar refractivity (Wildman–Crippen MR) is 118 cm³/mol. The number of para-hydroxylation sites is 1. The van der Waals surface area contributed by atoms with Gasteiger partial charge in [-0.1, -0.05) is 48.5 Å². The van der Waals surface area contributed by atoms with Crippen molar-refractivity contribution in [3.63, 3.8) is 0 Å². The average molecular weight is 381 g/mol. The lowest BCUT2D eigenvalue weighted by Crippen LogP contribution is -2.38. The molecule has 0 fully saturated rings. The van der Waals surface area contributed by atoms with Gasteiger partial charge in [-0.2, -0.15) is 0 Å². The standard InChI is InChI=1S/C22H28N4S/c1-26(2)14-8-13-23-22(27)25-15-19(17-9-4-3-5-10-17)20-16-24-21-12-7-6-11-18(20)21/h3-7,9-12,16,19,24H,8,13-15H2,1-2H3,(H2,23,25,27)/t19-/m0/s1. The number of nitrogens with one attached hydrogen (secondary N) is 3. The summed E-state index contributed by atoms with van der Waals surface area (Å²) in [6, 6.07) is 19.0. The lowest BCUT2D eigenvalue weighted by atomic mass is 9.91. The molecule has 0 radical (unpaired) electrons. The van der Waals surface area contributed by atoms with Crippen molar-refractivity contribution >= 4 is 28.2 Å². The van der Waals surface area contributed by atoms with Crippen LogP contribution in [-0.4, -0.2) is 48.7 Å². The highest BCUT2D eigenvalue weighted by atomic mass is 32.1. The van der Waals surface area contributed by atoms with Gasteiger partial charge in [-0.05, 0) is 56.5 Å². The third-order valence-electron chi connectivity index (χ3n) is 4.73. The van der Waals surface area contributed by atoms with Crippen molar-refractivity contribution in [1.29, 1.82) is 0 Å². The second-order valence-electron chi connectivity index (χ2n) is 7.05. The fraction of sp³-hybridized carbons (Fsp3) is 0.318. The quantitative estimate of drug-likeness (QED) is 0.412. The molecule has 4 nitrogen and oxygen atoms in total. The maximum absolute atomic E-state index is 5.48. The molecule has 1 atom stereocenters. The van der Waals surface area contributed by atoms with Crippen molar-refractivity contribution in [3.8, 4) is 0 Å². The first-order valence-electron chi connectivity index (χ1n) is 9.42. The predicted octanol–water partition coefficient (Wildman–Crippen LogP) is 3.72. The second kappa shape index (κ2) is 9.53. The van der Waals surface area contributed by atoms with E-state index in [0.717, 1.165) is 36.7 Å². The lowest BCUT2D eigenvalue weighted by molar-refractivity contribution is 0.400. The van der Waals surface area contributed by atoms with Gasteiger partial charge in [0.15, 0.2) is 5.11 Å². The fourth-order valence-corrected chi connectivity index (χ4v) is 3.51. The number of aromatic amines is 1. The van der Waals surface area contributed by atoms with Gasteiger partial charge in [0, 0.05) is 36.1 Å². The van der Waals surface area contributed by atoms with E-state index in [1.165, 1.54) is 16.5 Å². The van der Waals surface area contributed by atoms with E-state index >= 15 is 0 Å². The molecule has 142 valence electrons. The zero-order valence-electron chi connectivity index (χ0n) is 16.0. The molecule has 2 aromatic carbocycles. The van der Waals surface area contributed by atoms with Crippen LogP contribution in [0.25, 0.3) is 10.9 Å². The Morgan fingerprint density at radius 2 is 1.78 bits per heavy atom. The Morgan fingerprint density at radius 1 is 1.04 bits per heavy atom. The molecule has 0 aliphatic rings. The number of hydrogen-bond acceptors (Lipinski definition) is 2. The zero-order valence-corrected chi connectivity index (χ0v) is 16.9. The fourth-order valence-electron chi connectivity index (χ4n) is 3.33. The highest BCUT2D eigenvalue weighted by Crippen LogP contribution is 2.30. The van der Waals surface area contributed by atoms with Gasteiger partial charge in [0.1, 0.15) is 0 Å². The largest absolute Gasteiger partial charge is 0.363 e. The van der Waals surface area contributed by atoms with Gasteiger partial charge in [-0.25, -0.2) is 0 Å². The maximum atomic E-state index is 5.48. The first kappa shape index (κ1) is 19.4. The average Bonchev–Trinajstić information content (AvgIpc) is 3.10. The van der Waals surface area contributed by atoms with Crippen LogP contribution in [-0.2, 0) is 0 Å². The smallest absolute Gasteiger partial charge is 0.166 e. The van der Waals surface area contributed by atoms with Gasteiger partial charge >= 0.3 is 0 Å². The molecule has 0 aliphatic carbocycles. The molecule has 1 aromatic heterocycles. The van der Waals surface area contributed by atoms with Crippen molar-refractivity contribution in [1.82, 2.24) is 20.5 Å². The Bertz CT molecular complexity index is 857. The number of hydrogen-bond donors (Lipinski definition) is 3. The number of nitrogens with zero attached hydrogens (tertiary/aromatic N) is 1. The summed E-state index contributed by atoms with van der Waals surface area (Å²) in [5.74, 6) is 0.226. The Kier molecular flexibility index (Phi) is 6.85. The summed E-state index contributed by atoms with van der Waals surface area (Å²) in [5, 5.41) is 8.71. The minimum absolute atomic E-state index is 0.226. The number of thiocarbonyl (C=S) groups is 1. The molecule has 0 unspecified atom stereocenters. The van der Waals surface area contributed by atoms with Crippen LogP contribution in [0, 0.1) is 0 Å². The first-order chi connectivity index (χ1) is 13.1. The van der Waals surface area contributed by atoms with E-state index in [1.807, 2.05) is 0 Å². The van der Waals surface area contributed by atoms with Crippen LogP contribution in [0.2, 0.25) is 0 Å². The molecule has 3 rings (SSSR count). The van der Waals surface area contributed by atoms with Crippen molar-refractivity contribution in [2.24, 2.45) is 0 Å². The molecule has 0 bridgehead atoms. The molecule has 0 amide bonds. The Hall–Kier alpha value is -2.37. The van der Waals surface area contributed by atoms with Crippen molar-refractivity contribution in [2.75, 3.05) is 33.7 Å². The molecule has 27 heavy (non-hydrogen) atoms. The summed E-state index contributed by atoms with van der Waals surface area (Å²) < 4.78 is 0. The van der Waals surface area contributed by atoms with Gasteiger partial charge in [0.2, 0.25) is 0 Å². The number of H-pyrrole nitrogens is 1. The summed E-state index contributed by atoms with van der Waals surface area (Å²) in [5.41, 5.74) is 3.74.